The first-order valence-corrected chi connectivity index (χ1v) is 16.5. The Morgan fingerprint density at radius 1 is 0.830 bits per heavy atom. The fourth-order valence-electron chi connectivity index (χ4n) is 7.90. The number of anilines is 1. The summed E-state index contributed by atoms with van der Waals surface area (Å²) in [4.78, 5) is 30.1. The average molecular weight is 629 g/mol. The summed E-state index contributed by atoms with van der Waals surface area (Å²) in [6, 6.07) is 22.7. The number of hydrogen-bond acceptors (Lipinski definition) is 5. The number of fused-ring (bicyclic) bond motifs is 4. The fraction of sp³-hybridized carbons (Fsp3) is 0.300. The van der Waals surface area contributed by atoms with E-state index >= 15 is 0 Å². The van der Waals surface area contributed by atoms with Crippen molar-refractivity contribution < 1.29 is 24.5 Å². The SMILES string of the molecule is COc1cccc(N2CCN(CCc3cc(C(=O)O)c(C)c(C(=O)O)c3C3=c4ccc5c(c4CCC3)CC=c3ccccc3=5)CC2)c1. The van der Waals surface area contributed by atoms with Gasteiger partial charge in [-0.05, 0) is 111 Å². The smallest absolute Gasteiger partial charge is 0.336 e. The van der Waals surface area contributed by atoms with E-state index < -0.39 is 11.9 Å². The Morgan fingerprint density at radius 2 is 1.62 bits per heavy atom. The second-order valence-electron chi connectivity index (χ2n) is 12.8. The van der Waals surface area contributed by atoms with E-state index in [1.807, 2.05) is 12.1 Å². The van der Waals surface area contributed by atoms with Crippen LogP contribution in [0.25, 0.3) is 11.6 Å². The molecule has 1 aliphatic heterocycles. The Hall–Kier alpha value is -4.88. The van der Waals surface area contributed by atoms with Crippen molar-refractivity contribution in [1.29, 1.82) is 0 Å². The van der Waals surface area contributed by atoms with Crippen LogP contribution in [-0.2, 0) is 19.3 Å². The van der Waals surface area contributed by atoms with Crippen LogP contribution in [0.5, 0.6) is 5.75 Å². The number of rotatable bonds is 8. The van der Waals surface area contributed by atoms with Crippen molar-refractivity contribution in [2.75, 3.05) is 44.7 Å². The molecule has 0 saturated carbocycles. The first-order chi connectivity index (χ1) is 22.8. The van der Waals surface area contributed by atoms with Crippen molar-refractivity contribution in [2.24, 2.45) is 0 Å². The van der Waals surface area contributed by atoms with Crippen LogP contribution in [0, 0.1) is 17.4 Å². The largest absolute Gasteiger partial charge is 0.497 e. The van der Waals surface area contributed by atoms with Crippen molar-refractivity contribution >= 4 is 29.3 Å². The molecule has 0 radical (unpaired) electrons. The van der Waals surface area contributed by atoms with Crippen LogP contribution < -0.4 is 20.1 Å². The van der Waals surface area contributed by atoms with Crippen LogP contribution >= 0.6 is 0 Å². The molecule has 0 amide bonds. The number of carboxylic acids is 2. The third-order valence-electron chi connectivity index (χ3n) is 10.3. The van der Waals surface area contributed by atoms with Gasteiger partial charge in [-0.25, -0.2) is 9.59 Å². The highest BCUT2D eigenvalue weighted by Gasteiger charge is 2.28. The number of benzene rings is 4. The lowest BCUT2D eigenvalue weighted by atomic mass is 9.79. The molecule has 2 aliphatic carbocycles. The summed E-state index contributed by atoms with van der Waals surface area (Å²) in [5.74, 6) is -1.33. The van der Waals surface area contributed by atoms with Crippen molar-refractivity contribution in [1.82, 2.24) is 4.90 Å². The van der Waals surface area contributed by atoms with Crippen LogP contribution in [0.1, 0.15) is 61.4 Å². The molecule has 1 heterocycles. The van der Waals surface area contributed by atoms with Gasteiger partial charge in [0.05, 0.1) is 18.2 Å². The van der Waals surface area contributed by atoms with Crippen LogP contribution in [-0.4, -0.2) is 66.9 Å². The topological polar surface area (TPSA) is 90.3 Å². The first kappa shape index (κ1) is 30.8. The van der Waals surface area contributed by atoms with Crippen LogP contribution in [0.3, 0.4) is 0 Å². The van der Waals surface area contributed by atoms with E-state index in [1.54, 1.807) is 20.1 Å². The van der Waals surface area contributed by atoms with E-state index in [-0.39, 0.29) is 11.1 Å². The minimum absolute atomic E-state index is 0.0669. The van der Waals surface area contributed by atoms with Gasteiger partial charge < -0.3 is 19.8 Å². The zero-order chi connectivity index (χ0) is 32.7. The van der Waals surface area contributed by atoms with Gasteiger partial charge in [-0.2, -0.15) is 0 Å². The minimum Gasteiger partial charge on any atom is -0.497 e. The van der Waals surface area contributed by atoms with Gasteiger partial charge in [-0.1, -0.05) is 48.5 Å². The zero-order valence-electron chi connectivity index (χ0n) is 27.0. The van der Waals surface area contributed by atoms with E-state index in [4.69, 9.17) is 4.74 Å². The summed E-state index contributed by atoms with van der Waals surface area (Å²) in [5.41, 5.74) is 6.82. The predicted octanol–water partition coefficient (Wildman–Crippen LogP) is 4.92. The number of carboxylic acid groups (broad SMARTS) is 2. The molecule has 4 aromatic carbocycles. The summed E-state index contributed by atoms with van der Waals surface area (Å²) in [7, 11) is 1.68. The van der Waals surface area contributed by atoms with Gasteiger partial charge in [0.15, 0.2) is 0 Å². The molecule has 47 heavy (non-hydrogen) atoms. The highest BCUT2D eigenvalue weighted by Crippen LogP contribution is 2.34. The van der Waals surface area contributed by atoms with Gasteiger partial charge in [0.25, 0.3) is 0 Å². The molecule has 0 unspecified atom stereocenters. The second kappa shape index (κ2) is 12.7. The molecule has 7 rings (SSSR count). The highest BCUT2D eigenvalue weighted by atomic mass is 16.5. The maximum Gasteiger partial charge on any atom is 0.336 e. The van der Waals surface area contributed by atoms with Gasteiger partial charge in [0, 0.05) is 44.5 Å². The minimum atomic E-state index is -1.10. The monoisotopic (exact) mass is 628 g/mol. The number of piperazine rings is 1. The highest BCUT2D eigenvalue weighted by molar-refractivity contribution is 6.01. The lowest BCUT2D eigenvalue weighted by Crippen LogP contribution is -2.47. The maximum absolute atomic E-state index is 13.0. The van der Waals surface area contributed by atoms with Crippen molar-refractivity contribution in [3.8, 4) is 5.75 Å². The number of aromatic carboxylic acids is 2. The third-order valence-corrected chi connectivity index (χ3v) is 10.3. The molecule has 1 saturated heterocycles. The molecular weight excluding hydrogens is 588 g/mol. The predicted molar refractivity (Wildman–Crippen MR) is 184 cm³/mol. The molecule has 0 atom stereocenters. The number of ether oxygens (including phenoxy) is 1. The lowest BCUT2D eigenvalue weighted by molar-refractivity contribution is 0.0695. The Labute approximate surface area is 274 Å². The summed E-state index contributed by atoms with van der Waals surface area (Å²) in [6.45, 7) is 5.81. The summed E-state index contributed by atoms with van der Waals surface area (Å²) in [6.07, 6.45) is 6.33. The molecule has 0 aromatic heterocycles. The molecule has 0 spiro atoms. The molecule has 7 heteroatoms. The van der Waals surface area contributed by atoms with E-state index in [2.05, 4.69) is 64.4 Å². The third kappa shape index (κ3) is 5.69. The molecule has 0 bridgehead atoms. The number of hydrogen-bond donors (Lipinski definition) is 2. The Balaban J connectivity index is 1.29. The van der Waals surface area contributed by atoms with Crippen molar-refractivity contribution in [3.63, 3.8) is 0 Å². The van der Waals surface area contributed by atoms with Crippen LogP contribution in [0.2, 0.25) is 0 Å². The van der Waals surface area contributed by atoms with Gasteiger partial charge >= 0.3 is 11.9 Å². The van der Waals surface area contributed by atoms with Gasteiger partial charge in [0.2, 0.25) is 0 Å². The molecule has 4 aromatic rings. The molecule has 2 N–H and O–H groups in total. The molecule has 240 valence electrons. The summed E-state index contributed by atoms with van der Waals surface area (Å²) >= 11 is 0. The maximum atomic E-state index is 13.0. The van der Waals surface area contributed by atoms with Gasteiger partial charge in [0.1, 0.15) is 5.75 Å². The summed E-state index contributed by atoms with van der Waals surface area (Å²) in [5, 5.41) is 25.6. The zero-order valence-corrected chi connectivity index (χ0v) is 27.0. The summed E-state index contributed by atoms with van der Waals surface area (Å²) < 4.78 is 5.42. The van der Waals surface area contributed by atoms with Gasteiger partial charge in [-0.15, -0.1) is 0 Å². The number of methoxy groups -OCH3 is 1. The van der Waals surface area contributed by atoms with Crippen molar-refractivity contribution in [3.05, 3.63) is 127 Å². The lowest BCUT2D eigenvalue weighted by Gasteiger charge is -2.36. The number of carbonyl (C=O) groups is 2. The first-order valence-electron chi connectivity index (χ1n) is 16.5. The van der Waals surface area contributed by atoms with Crippen LogP contribution in [0.4, 0.5) is 5.69 Å². The quantitative estimate of drug-likeness (QED) is 0.286. The molecule has 1 fully saturated rings. The van der Waals surface area contributed by atoms with E-state index in [0.717, 1.165) is 91.8 Å². The van der Waals surface area contributed by atoms with Gasteiger partial charge in [-0.3, -0.25) is 4.90 Å². The Morgan fingerprint density at radius 3 is 2.38 bits per heavy atom. The molecule has 7 nitrogen and oxygen atoms in total. The fourth-order valence-corrected chi connectivity index (χ4v) is 7.90. The van der Waals surface area contributed by atoms with E-state index in [1.165, 1.54) is 26.8 Å². The van der Waals surface area contributed by atoms with E-state index in [9.17, 15) is 19.8 Å². The Kier molecular flexibility index (Phi) is 8.33. The average Bonchev–Trinajstić information content (AvgIpc) is 3.10. The molecular formula is C40H40N2O5. The standard InChI is InChI=1S/C40H40N2O5/c1-25-36(39(43)44)23-27(17-18-41-19-21-42(22-20-41)28-8-5-9-29(24-28)47-2)38(37(25)40(45)46)35-12-6-11-31-33-14-13-26-7-3-4-10-30(26)32(33)15-16-34(31)35/h3-5,7-10,13,15-16,23-24H,6,11-12,14,17-22H2,1-2H3,(H,43,44)(H,45,46). The van der Waals surface area contributed by atoms with Crippen LogP contribution in [0.15, 0.2) is 66.7 Å². The molecule has 3 aliphatic rings. The van der Waals surface area contributed by atoms with Crippen molar-refractivity contribution in [2.45, 2.75) is 39.0 Å². The second-order valence-corrected chi connectivity index (χ2v) is 12.8. The van der Waals surface area contributed by atoms with E-state index in [0.29, 0.717) is 12.0 Å². The number of nitrogens with zero attached hydrogens (tertiary/aromatic N) is 2. The Bertz CT molecular complexity index is 2130. The normalized spacial score (nSPS) is 15.7.